The van der Waals surface area contributed by atoms with Crippen LogP contribution in [0, 0.1) is 20.8 Å². The minimum Gasteiger partial charge on any atom is -0.492 e. The molecule has 0 aliphatic carbocycles. The molecule has 0 fully saturated rings. The van der Waals surface area contributed by atoms with Gasteiger partial charge in [-0.25, -0.2) is 0 Å². The molecule has 1 amide bonds. The molecule has 0 spiro atoms. The van der Waals surface area contributed by atoms with Gasteiger partial charge in [-0.05, 0) is 44.5 Å². The Hall–Kier alpha value is -3.34. The lowest BCUT2D eigenvalue weighted by molar-refractivity contribution is -0.116. The Balaban J connectivity index is 1.53. The van der Waals surface area contributed by atoms with Crippen LogP contribution in [0.2, 0.25) is 0 Å². The summed E-state index contributed by atoms with van der Waals surface area (Å²) in [6.07, 6.45) is 3.38. The van der Waals surface area contributed by atoms with Gasteiger partial charge < -0.3 is 10.1 Å². The summed E-state index contributed by atoms with van der Waals surface area (Å²) >= 11 is 0. The number of para-hydroxylation sites is 1. The molecule has 0 atom stereocenters. The molecule has 0 bridgehead atoms. The molecule has 3 aromatic rings. The fraction of sp³-hybridized carbons (Fsp3) is 0.250. The third-order valence-electron chi connectivity index (χ3n) is 4.71. The lowest BCUT2D eigenvalue weighted by atomic mass is 10.1. The molecule has 0 unspecified atom stereocenters. The quantitative estimate of drug-likeness (QED) is 0.467. The van der Waals surface area contributed by atoms with Gasteiger partial charge in [0.05, 0.1) is 18.8 Å². The molecule has 3 rings (SSSR count). The number of hydrogen-bond acceptors (Lipinski definition) is 3. The van der Waals surface area contributed by atoms with E-state index in [2.05, 4.69) is 41.6 Å². The fourth-order valence-electron chi connectivity index (χ4n) is 3.05. The monoisotopic (exact) mass is 389 g/mol. The van der Waals surface area contributed by atoms with E-state index in [1.165, 1.54) is 11.1 Å². The van der Waals surface area contributed by atoms with E-state index in [-0.39, 0.29) is 5.91 Å². The summed E-state index contributed by atoms with van der Waals surface area (Å²) < 4.78 is 7.55. The largest absolute Gasteiger partial charge is 0.492 e. The topological polar surface area (TPSA) is 56.2 Å². The van der Waals surface area contributed by atoms with Gasteiger partial charge in [-0.1, -0.05) is 48.0 Å². The minimum atomic E-state index is -0.147. The number of rotatable bonds is 8. The second-order valence-electron chi connectivity index (χ2n) is 7.01. The average molecular weight is 389 g/mol. The lowest BCUT2D eigenvalue weighted by Gasteiger charge is -2.06. The number of carbonyl (C=O) groups is 1. The van der Waals surface area contributed by atoms with Gasteiger partial charge in [-0.3, -0.25) is 9.48 Å². The van der Waals surface area contributed by atoms with Gasteiger partial charge >= 0.3 is 0 Å². The highest BCUT2D eigenvalue weighted by molar-refractivity contribution is 5.92. The van der Waals surface area contributed by atoms with Crippen molar-refractivity contribution in [2.24, 2.45) is 0 Å². The summed E-state index contributed by atoms with van der Waals surface area (Å²) in [5, 5.41) is 7.46. The first kappa shape index (κ1) is 20.4. The van der Waals surface area contributed by atoms with E-state index in [0.29, 0.717) is 19.7 Å². The van der Waals surface area contributed by atoms with E-state index in [1.54, 1.807) is 6.08 Å². The summed E-state index contributed by atoms with van der Waals surface area (Å²) in [4.78, 5) is 12.1. The van der Waals surface area contributed by atoms with Gasteiger partial charge in [0.2, 0.25) is 5.91 Å². The number of aryl methyl sites for hydroxylation is 2. The highest BCUT2D eigenvalue weighted by atomic mass is 16.5. The van der Waals surface area contributed by atoms with Gasteiger partial charge in [0.15, 0.2) is 0 Å². The first-order valence-electron chi connectivity index (χ1n) is 9.76. The van der Waals surface area contributed by atoms with Crippen LogP contribution >= 0.6 is 0 Å². The van der Waals surface area contributed by atoms with Crippen molar-refractivity contribution in [1.29, 1.82) is 0 Å². The predicted molar refractivity (Wildman–Crippen MR) is 116 cm³/mol. The lowest BCUT2D eigenvalue weighted by Crippen LogP contribution is -2.26. The van der Waals surface area contributed by atoms with E-state index in [1.807, 2.05) is 54.9 Å². The van der Waals surface area contributed by atoms with Crippen LogP contribution in [0.15, 0.2) is 60.7 Å². The maximum Gasteiger partial charge on any atom is 0.244 e. The molecule has 0 radical (unpaired) electrons. The molecule has 0 saturated carbocycles. The van der Waals surface area contributed by atoms with Crippen LogP contribution in [0.5, 0.6) is 5.75 Å². The Bertz CT molecular complexity index is 973. The second kappa shape index (κ2) is 9.73. The fourth-order valence-corrected chi connectivity index (χ4v) is 3.05. The highest BCUT2D eigenvalue weighted by Gasteiger charge is 2.10. The van der Waals surface area contributed by atoms with Crippen molar-refractivity contribution in [1.82, 2.24) is 15.1 Å². The van der Waals surface area contributed by atoms with Gasteiger partial charge in [0.25, 0.3) is 0 Å². The number of aromatic nitrogens is 2. The molecule has 0 saturated heterocycles. The Morgan fingerprint density at radius 1 is 1.07 bits per heavy atom. The number of carbonyl (C=O) groups excluding carboxylic acids is 1. The zero-order valence-electron chi connectivity index (χ0n) is 17.2. The molecule has 1 heterocycles. The first-order chi connectivity index (χ1) is 14.0. The van der Waals surface area contributed by atoms with Crippen molar-refractivity contribution in [3.05, 3.63) is 88.8 Å². The number of amides is 1. The number of ether oxygens (including phenoxy) is 1. The van der Waals surface area contributed by atoms with Crippen molar-refractivity contribution >= 4 is 12.0 Å². The number of benzene rings is 2. The van der Waals surface area contributed by atoms with Crippen LogP contribution in [0.1, 0.15) is 28.1 Å². The molecule has 0 aliphatic rings. The standard InChI is InChI=1S/C24H27N3O2/c1-18-9-11-21(12-10-18)17-27-20(3)23(19(2)26-27)13-14-24(28)25-15-16-29-22-7-5-4-6-8-22/h4-14H,15-17H2,1-3H3,(H,25,28)/b14-13+. The minimum absolute atomic E-state index is 0.147. The normalized spacial score (nSPS) is 11.0. The maximum absolute atomic E-state index is 12.1. The molecule has 5 nitrogen and oxygen atoms in total. The van der Waals surface area contributed by atoms with E-state index in [4.69, 9.17) is 4.74 Å². The third kappa shape index (κ3) is 5.82. The molecule has 29 heavy (non-hydrogen) atoms. The van der Waals surface area contributed by atoms with E-state index < -0.39 is 0 Å². The van der Waals surface area contributed by atoms with E-state index in [0.717, 1.165) is 22.7 Å². The van der Waals surface area contributed by atoms with Crippen LogP contribution in [-0.4, -0.2) is 28.8 Å². The molecule has 1 N–H and O–H groups in total. The van der Waals surface area contributed by atoms with E-state index in [9.17, 15) is 4.79 Å². The van der Waals surface area contributed by atoms with Gasteiger partial charge in [-0.15, -0.1) is 0 Å². The van der Waals surface area contributed by atoms with Crippen LogP contribution in [0.4, 0.5) is 0 Å². The average Bonchev–Trinajstić information content (AvgIpc) is 2.99. The molecule has 150 valence electrons. The Morgan fingerprint density at radius 2 is 1.79 bits per heavy atom. The molecule has 2 aromatic carbocycles. The maximum atomic E-state index is 12.1. The van der Waals surface area contributed by atoms with Gasteiger partial charge in [0.1, 0.15) is 12.4 Å². The summed E-state index contributed by atoms with van der Waals surface area (Å²) in [7, 11) is 0. The zero-order chi connectivity index (χ0) is 20.6. The number of hydrogen-bond donors (Lipinski definition) is 1. The number of nitrogens with one attached hydrogen (secondary N) is 1. The molecule has 1 aromatic heterocycles. The summed E-state index contributed by atoms with van der Waals surface area (Å²) in [5.41, 5.74) is 5.37. The van der Waals surface area contributed by atoms with Crippen molar-refractivity contribution in [2.75, 3.05) is 13.2 Å². The van der Waals surface area contributed by atoms with Gasteiger partial charge in [0, 0.05) is 17.3 Å². The third-order valence-corrected chi connectivity index (χ3v) is 4.71. The summed E-state index contributed by atoms with van der Waals surface area (Å²) in [6.45, 7) is 7.65. The van der Waals surface area contributed by atoms with Crippen molar-refractivity contribution < 1.29 is 9.53 Å². The Labute approximate surface area is 172 Å². The van der Waals surface area contributed by atoms with E-state index >= 15 is 0 Å². The van der Waals surface area contributed by atoms with Crippen molar-refractivity contribution in [3.8, 4) is 5.75 Å². The smallest absolute Gasteiger partial charge is 0.244 e. The van der Waals surface area contributed by atoms with Crippen LogP contribution in [0.3, 0.4) is 0 Å². The highest BCUT2D eigenvalue weighted by Crippen LogP contribution is 2.16. The molecular weight excluding hydrogens is 362 g/mol. The zero-order valence-corrected chi connectivity index (χ0v) is 17.2. The summed E-state index contributed by atoms with van der Waals surface area (Å²) in [5.74, 6) is 0.649. The Kier molecular flexibility index (Phi) is 6.85. The molecule has 5 heteroatoms. The Morgan fingerprint density at radius 3 is 2.52 bits per heavy atom. The van der Waals surface area contributed by atoms with Crippen molar-refractivity contribution in [2.45, 2.75) is 27.3 Å². The van der Waals surface area contributed by atoms with Gasteiger partial charge in [-0.2, -0.15) is 5.10 Å². The van der Waals surface area contributed by atoms with Crippen LogP contribution in [0.25, 0.3) is 6.08 Å². The first-order valence-corrected chi connectivity index (χ1v) is 9.76. The number of nitrogens with zero attached hydrogens (tertiary/aromatic N) is 2. The molecular formula is C24H27N3O2. The molecule has 0 aliphatic heterocycles. The van der Waals surface area contributed by atoms with Crippen LogP contribution in [-0.2, 0) is 11.3 Å². The second-order valence-corrected chi connectivity index (χ2v) is 7.01. The van der Waals surface area contributed by atoms with Crippen LogP contribution < -0.4 is 10.1 Å². The summed E-state index contributed by atoms with van der Waals surface area (Å²) in [6, 6.07) is 18.0. The SMILES string of the molecule is Cc1ccc(Cn2nc(C)c(/C=C/C(=O)NCCOc3ccccc3)c2C)cc1. The predicted octanol–water partition coefficient (Wildman–Crippen LogP) is 4.07. The van der Waals surface area contributed by atoms with Crippen molar-refractivity contribution in [3.63, 3.8) is 0 Å².